The van der Waals surface area contributed by atoms with E-state index < -0.39 is 0 Å². The van der Waals surface area contributed by atoms with E-state index in [1.807, 2.05) is 26.1 Å². The summed E-state index contributed by atoms with van der Waals surface area (Å²) in [6, 6.07) is 5.82. The summed E-state index contributed by atoms with van der Waals surface area (Å²) in [6.45, 7) is 5.69. The van der Waals surface area contributed by atoms with Gasteiger partial charge in [0, 0.05) is 36.4 Å². The molecule has 0 saturated carbocycles. The van der Waals surface area contributed by atoms with Gasteiger partial charge in [-0.25, -0.2) is 0 Å². The molecule has 1 aromatic rings. The highest BCUT2D eigenvalue weighted by Crippen LogP contribution is 2.28. The Morgan fingerprint density at radius 1 is 1.33 bits per heavy atom. The van der Waals surface area contributed by atoms with E-state index in [2.05, 4.69) is 17.1 Å². The topological polar surface area (TPSA) is 55.7 Å². The molecule has 0 aliphatic heterocycles. The fourth-order valence-electron chi connectivity index (χ4n) is 2.01. The Hall–Kier alpha value is -1.26. The van der Waals surface area contributed by atoms with E-state index in [0.717, 1.165) is 24.2 Å². The van der Waals surface area contributed by atoms with Gasteiger partial charge in [-0.3, -0.25) is 0 Å². The molecule has 3 N–H and O–H groups in total. The highest BCUT2D eigenvalue weighted by molar-refractivity contribution is 5.54. The molecule has 0 amide bonds. The monoisotopic (exact) mass is 252 g/mol. The van der Waals surface area contributed by atoms with E-state index in [1.54, 1.807) is 6.07 Å². The minimum Gasteiger partial charge on any atom is -0.508 e. The van der Waals surface area contributed by atoms with Crippen LogP contribution in [0.2, 0.25) is 0 Å². The van der Waals surface area contributed by atoms with Crippen molar-refractivity contribution in [2.24, 2.45) is 0 Å². The van der Waals surface area contributed by atoms with Crippen molar-refractivity contribution in [2.45, 2.75) is 26.3 Å². The smallest absolute Gasteiger partial charge is 0.122 e. The molecule has 1 atom stereocenters. The zero-order valence-corrected chi connectivity index (χ0v) is 11.5. The Kier molecular flexibility index (Phi) is 5.95. The lowest BCUT2D eigenvalue weighted by atomic mass is 10.1. The Bertz CT molecular complexity index is 363. The highest BCUT2D eigenvalue weighted by atomic mass is 16.3. The number of nitrogens with one attached hydrogen (secondary N) is 1. The number of aliphatic hydroxyl groups excluding tert-OH is 1. The first-order chi connectivity index (χ1) is 8.63. The van der Waals surface area contributed by atoms with Gasteiger partial charge in [0.1, 0.15) is 5.75 Å². The molecule has 0 spiro atoms. The quantitative estimate of drug-likeness (QED) is 0.693. The second kappa shape index (κ2) is 7.24. The van der Waals surface area contributed by atoms with Gasteiger partial charge in [0.25, 0.3) is 0 Å². The molecule has 0 bridgehead atoms. The number of hydrogen-bond acceptors (Lipinski definition) is 4. The molecule has 102 valence electrons. The van der Waals surface area contributed by atoms with E-state index in [1.165, 1.54) is 0 Å². The van der Waals surface area contributed by atoms with E-state index >= 15 is 0 Å². The summed E-state index contributed by atoms with van der Waals surface area (Å²) in [6.07, 6.45) is 1.01. The van der Waals surface area contributed by atoms with E-state index in [0.29, 0.717) is 12.3 Å². The molecule has 0 aromatic heterocycles. The first-order valence-corrected chi connectivity index (χ1v) is 6.50. The van der Waals surface area contributed by atoms with Gasteiger partial charge in [-0.1, -0.05) is 13.0 Å². The van der Waals surface area contributed by atoms with Crippen molar-refractivity contribution in [3.05, 3.63) is 23.8 Å². The molecule has 18 heavy (non-hydrogen) atoms. The number of hydrogen-bond donors (Lipinski definition) is 3. The number of aliphatic hydroxyl groups is 1. The molecular weight excluding hydrogens is 228 g/mol. The predicted molar refractivity (Wildman–Crippen MR) is 75.2 cm³/mol. The van der Waals surface area contributed by atoms with E-state index in [4.69, 9.17) is 5.11 Å². The standard InChI is InChI=1S/C14H24N2O2/c1-4-7-16(8-9-17)12-5-6-13(11(2)15-3)14(18)10-12/h5-6,10-11,15,17-18H,4,7-9H2,1-3H3. The maximum Gasteiger partial charge on any atom is 0.122 e. The molecule has 4 nitrogen and oxygen atoms in total. The third-order valence-corrected chi connectivity index (χ3v) is 3.14. The lowest BCUT2D eigenvalue weighted by molar-refractivity contribution is 0.301. The first-order valence-electron chi connectivity index (χ1n) is 6.50. The van der Waals surface area contributed by atoms with Crippen LogP contribution in [0, 0.1) is 0 Å². The average Bonchev–Trinajstić information content (AvgIpc) is 2.37. The summed E-state index contributed by atoms with van der Waals surface area (Å²) < 4.78 is 0. The van der Waals surface area contributed by atoms with Crippen LogP contribution in [0.1, 0.15) is 31.9 Å². The van der Waals surface area contributed by atoms with Gasteiger partial charge in [0.2, 0.25) is 0 Å². The van der Waals surface area contributed by atoms with Gasteiger partial charge in [-0.15, -0.1) is 0 Å². The highest BCUT2D eigenvalue weighted by Gasteiger charge is 2.11. The summed E-state index contributed by atoms with van der Waals surface area (Å²) in [5, 5.41) is 22.2. The van der Waals surface area contributed by atoms with Crippen molar-refractivity contribution >= 4 is 5.69 Å². The molecular formula is C14H24N2O2. The minimum absolute atomic E-state index is 0.120. The molecule has 0 heterocycles. The Balaban J connectivity index is 2.93. The number of aromatic hydroxyl groups is 1. The second-order valence-electron chi connectivity index (χ2n) is 4.46. The average molecular weight is 252 g/mol. The number of rotatable bonds is 7. The van der Waals surface area contributed by atoms with Crippen LogP contribution in [-0.4, -0.2) is 37.0 Å². The summed E-state index contributed by atoms with van der Waals surface area (Å²) in [5.74, 6) is 0.299. The number of phenolic OH excluding ortho intramolecular Hbond substituents is 1. The molecule has 0 aliphatic carbocycles. The number of phenols is 1. The Morgan fingerprint density at radius 3 is 2.56 bits per heavy atom. The van der Waals surface area contributed by atoms with Gasteiger partial charge in [-0.05, 0) is 26.5 Å². The van der Waals surface area contributed by atoms with Gasteiger partial charge in [-0.2, -0.15) is 0 Å². The van der Waals surface area contributed by atoms with Crippen molar-refractivity contribution in [1.82, 2.24) is 5.32 Å². The van der Waals surface area contributed by atoms with Crippen LogP contribution < -0.4 is 10.2 Å². The van der Waals surface area contributed by atoms with Crippen molar-refractivity contribution in [3.63, 3.8) is 0 Å². The zero-order chi connectivity index (χ0) is 13.5. The fourth-order valence-corrected chi connectivity index (χ4v) is 2.01. The molecule has 4 heteroatoms. The molecule has 0 radical (unpaired) electrons. The predicted octanol–water partition coefficient (Wildman–Crippen LogP) is 1.88. The van der Waals surface area contributed by atoms with E-state index in [9.17, 15) is 5.11 Å². The van der Waals surface area contributed by atoms with Gasteiger partial charge < -0.3 is 20.4 Å². The van der Waals surface area contributed by atoms with Crippen LogP contribution in [0.15, 0.2) is 18.2 Å². The molecule has 1 unspecified atom stereocenters. The summed E-state index contributed by atoms with van der Waals surface area (Å²) in [5.41, 5.74) is 1.84. The maximum atomic E-state index is 10.0. The number of benzene rings is 1. The number of anilines is 1. The lowest BCUT2D eigenvalue weighted by Gasteiger charge is -2.24. The Labute approximate surface area is 109 Å². The summed E-state index contributed by atoms with van der Waals surface area (Å²) >= 11 is 0. The van der Waals surface area contributed by atoms with Crippen LogP contribution >= 0.6 is 0 Å². The number of nitrogens with zero attached hydrogens (tertiary/aromatic N) is 1. The molecule has 1 aromatic carbocycles. The van der Waals surface area contributed by atoms with Gasteiger partial charge in [0.05, 0.1) is 6.61 Å². The molecule has 0 aliphatic rings. The van der Waals surface area contributed by atoms with Gasteiger partial charge in [0.15, 0.2) is 0 Å². The van der Waals surface area contributed by atoms with E-state index in [-0.39, 0.29) is 12.6 Å². The third kappa shape index (κ3) is 3.62. The molecule has 1 rings (SSSR count). The van der Waals surface area contributed by atoms with Crippen molar-refractivity contribution in [1.29, 1.82) is 0 Å². The largest absolute Gasteiger partial charge is 0.508 e. The van der Waals surface area contributed by atoms with Crippen LogP contribution in [-0.2, 0) is 0 Å². The molecule has 0 fully saturated rings. The van der Waals surface area contributed by atoms with Crippen LogP contribution in [0.3, 0.4) is 0 Å². The van der Waals surface area contributed by atoms with Crippen molar-refractivity contribution in [3.8, 4) is 5.75 Å². The normalized spacial score (nSPS) is 12.4. The van der Waals surface area contributed by atoms with Crippen LogP contribution in [0.4, 0.5) is 5.69 Å². The Morgan fingerprint density at radius 2 is 2.06 bits per heavy atom. The SMILES string of the molecule is CCCN(CCO)c1ccc(C(C)NC)c(O)c1. The van der Waals surface area contributed by atoms with Crippen molar-refractivity contribution < 1.29 is 10.2 Å². The summed E-state index contributed by atoms with van der Waals surface area (Å²) in [4.78, 5) is 2.08. The van der Waals surface area contributed by atoms with Crippen LogP contribution in [0.5, 0.6) is 5.75 Å². The van der Waals surface area contributed by atoms with Crippen molar-refractivity contribution in [2.75, 3.05) is 31.6 Å². The minimum atomic E-state index is 0.120. The second-order valence-corrected chi connectivity index (χ2v) is 4.46. The first kappa shape index (κ1) is 14.8. The fraction of sp³-hybridized carbons (Fsp3) is 0.571. The molecule has 0 saturated heterocycles. The van der Waals surface area contributed by atoms with Crippen LogP contribution in [0.25, 0.3) is 0 Å². The lowest BCUT2D eigenvalue weighted by Crippen LogP contribution is -2.27. The van der Waals surface area contributed by atoms with Gasteiger partial charge >= 0.3 is 0 Å². The summed E-state index contributed by atoms with van der Waals surface area (Å²) in [7, 11) is 1.87. The maximum absolute atomic E-state index is 10.0. The third-order valence-electron chi connectivity index (χ3n) is 3.14. The zero-order valence-electron chi connectivity index (χ0n) is 11.5.